The van der Waals surface area contributed by atoms with Crippen molar-refractivity contribution in [3.8, 4) is 11.1 Å². The van der Waals surface area contributed by atoms with Crippen LogP contribution in [0.25, 0.3) is 33.1 Å². The molecule has 4 aromatic rings. The van der Waals surface area contributed by atoms with E-state index in [4.69, 9.17) is 11.6 Å². The third kappa shape index (κ3) is 3.07. The van der Waals surface area contributed by atoms with E-state index >= 15 is 0 Å². The van der Waals surface area contributed by atoms with Gasteiger partial charge in [0.1, 0.15) is 12.1 Å². The SMILES string of the molecule is CC(=O)N1CCN(c2ncnc3cc(-c4cccc5[nH]cnc45)c(Cl)cc23)CC1. The summed E-state index contributed by atoms with van der Waals surface area (Å²) >= 11 is 6.72. The van der Waals surface area contributed by atoms with Gasteiger partial charge in [-0.3, -0.25) is 4.79 Å². The van der Waals surface area contributed by atoms with Gasteiger partial charge in [-0.25, -0.2) is 15.0 Å². The fraction of sp³-hybridized carbons (Fsp3) is 0.238. The molecule has 3 heterocycles. The van der Waals surface area contributed by atoms with Gasteiger partial charge in [0.25, 0.3) is 0 Å². The highest BCUT2D eigenvalue weighted by molar-refractivity contribution is 6.34. The first-order valence-electron chi connectivity index (χ1n) is 9.49. The van der Waals surface area contributed by atoms with Gasteiger partial charge < -0.3 is 14.8 Å². The third-order valence-electron chi connectivity index (χ3n) is 5.47. The molecule has 1 aliphatic rings. The zero-order valence-electron chi connectivity index (χ0n) is 15.9. The van der Waals surface area contributed by atoms with Crippen LogP contribution < -0.4 is 4.90 Å². The monoisotopic (exact) mass is 406 g/mol. The van der Waals surface area contributed by atoms with Gasteiger partial charge in [0.15, 0.2) is 0 Å². The zero-order valence-corrected chi connectivity index (χ0v) is 16.6. The molecular weight excluding hydrogens is 388 g/mol. The van der Waals surface area contributed by atoms with Gasteiger partial charge in [-0.15, -0.1) is 0 Å². The van der Waals surface area contributed by atoms with Gasteiger partial charge in [0, 0.05) is 54.6 Å². The van der Waals surface area contributed by atoms with Crippen LogP contribution in [0.1, 0.15) is 6.92 Å². The largest absolute Gasteiger partial charge is 0.352 e. The molecule has 0 spiro atoms. The predicted octanol–water partition coefficient (Wildman–Crippen LogP) is 3.50. The van der Waals surface area contributed by atoms with Crippen LogP contribution in [0.15, 0.2) is 43.0 Å². The van der Waals surface area contributed by atoms with E-state index < -0.39 is 0 Å². The summed E-state index contributed by atoms with van der Waals surface area (Å²) in [5.74, 6) is 0.960. The number of fused-ring (bicyclic) bond motifs is 2. The Morgan fingerprint density at radius 1 is 1.07 bits per heavy atom. The van der Waals surface area contributed by atoms with Crippen molar-refractivity contribution in [2.75, 3.05) is 31.1 Å². The van der Waals surface area contributed by atoms with Crippen LogP contribution in [0.2, 0.25) is 5.02 Å². The van der Waals surface area contributed by atoms with Gasteiger partial charge in [-0.05, 0) is 18.2 Å². The fourth-order valence-corrected chi connectivity index (χ4v) is 4.20. The number of H-pyrrole nitrogens is 1. The summed E-state index contributed by atoms with van der Waals surface area (Å²) in [7, 11) is 0. The number of anilines is 1. The summed E-state index contributed by atoms with van der Waals surface area (Å²) in [6.07, 6.45) is 3.27. The van der Waals surface area contributed by atoms with Crippen LogP contribution in [0.5, 0.6) is 0 Å². The van der Waals surface area contributed by atoms with Crippen molar-refractivity contribution < 1.29 is 4.79 Å². The first-order valence-corrected chi connectivity index (χ1v) is 9.87. The second-order valence-corrected chi connectivity index (χ2v) is 7.55. The maximum absolute atomic E-state index is 11.6. The number of amides is 1. The summed E-state index contributed by atoms with van der Waals surface area (Å²) in [5, 5.41) is 1.54. The van der Waals surface area contributed by atoms with Crippen molar-refractivity contribution in [1.29, 1.82) is 0 Å². The quantitative estimate of drug-likeness (QED) is 0.551. The Kier molecular flexibility index (Phi) is 4.32. The molecule has 2 aromatic heterocycles. The number of para-hydroxylation sites is 1. The standard InChI is InChI=1S/C21H19ClN6O/c1-13(29)27-5-7-28(8-6-27)21-16-9-17(22)15(10-19(16)24-12-26-21)14-3-2-4-18-20(14)25-11-23-18/h2-4,9-12H,5-8H2,1H3,(H,23,25). The van der Waals surface area contributed by atoms with E-state index in [1.54, 1.807) is 19.6 Å². The smallest absolute Gasteiger partial charge is 0.219 e. The Morgan fingerprint density at radius 3 is 2.69 bits per heavy atom. The molecule has 1 fully saturated rings. The maximum atomic E-state index is 11.6. The lowest BCUT2D eigenvalue weighted by Gasteiger charge is -2.35. The Labute approximate surface area is 172 Å². The molecule has 0 atom stereocenters. The number of halogens is 1. The average molecular weight is 407 g/mol. The summed E-state index contributed by atoms with van der Waals surface area (Å²) in [6.45, 7) is 4.45. The molecule has 146 valence electrons. The average Bonchev–Trinajstić information content (AvgIpc) is 3.22. The molecule has 5 rings (SSSR count). The van der Waals surface area contributed by atoms with Crippen molar-refractivity contribution in [2.24, 2.45) is 0 Å². The lowest BCUT2D eigenvalue weighted by atomic mass is 10.0. The Balaban J connectivity index is 1.57. The van der Waals surface area contributed by atoms with Crippen LogP contribution in [0.4, 0.5) is 5.82 Å². The van der Waals surface area contributed by atoms with Crippen molar-refractivity contribution in [1.82, 2.24) is 24.8 Å². The van der Waals surface area contributed by atoms with E-state index in [2.05, 4.69) is 24.8 Å². The van der Waals surface area contributed by atoms with Crippen LogP contribution in [-0.2, 0) is 4.79 Å². The Bertz CT molecular complexity index is 1230. The van der Waals surface area contributed by atoms with E-state index in [9.17, 15) is 4.79 Å². The van der Waals surface area contributed by atoms with E-state index in [1.807, 2.05) is 35.2 Å². The van der Waals surface area contributed by atoms with Gasteiger partial charge in [0.2, 0.25) is 5.91 Å². The first kappa shape index (κ1) is 17.9. The van der Waals surface area contributed by atoms with Crippen LogP contribution >= 0.6 is 11.6 Å². The van der Waals surface area contributed by atoms with Crippen LogP contribution in [-0.4, -0.2) is 56.9 Å². The molecule has 7 nitrogen and oxygen atoms in total. The zero-order chi connectivity index (χ0) is 20.0. The molecule has 1 N–H and O–H groups in total. The van der Waals surface area contributed by atoms with E-state index in [0.29, 0.717) is 18.1 Å². The van der Waals surface area contributed by atoms with Crippen molar-refractivity contribution in [3.05, 3.63) is 48.0 Å². The number of aromatic nitrogens is 4. The highest BCUT2D eigenvalue weighted by Gasteiger charge is 2.22. The van der Waals surface area contributed by atoms with Crippen LogP contribution in [0.3, 0.4) is 0 Å². The number of nitrogens with one attached hydrogen (secondary N) is 1. The number of imidazole rings is 1. The minimum Gasteiger partial charge on any atom is -0.352 e. The summed E-state index contributed by atoms with van der Waals surface area (Å²) in [5.41, 5.74) is 4.53. The number of aromatic amines is 1. The highest BCUT2D eigenvalue weighted by atomic mass is 35.5. The molecule has 0 radical (unpaired) electrons. The molecule has 0 saturated carbocycles. The minimum atomic E-state index is 0.109. The molecule has 1 saturated heterocycles. The van der Waals surface area contributed by atoms with Gasteiger partial charge in [-0.2, -0.15) is 0 Å². The number of hydrogen-bond acceptors (Lipinski definition) is 5. The molecule has 2 aromatic carbocycles. The Hall–Kier alpha value is -3.19. The third-order valence-corrected chi connectivity index (χ3v) is 5.78. The van der Waals surface area contributed by atoms with Gasteiger partial charge in [0.05, 0.1) is 22.9 Å². The highest BCUT2D eigenvalue weighted by Crippen LogP contribution is 2.37. The molecule has 8 heteroatoms. The first-order chi connectivity index (χ1) is 14.1. The number of rotatable bonds is 2. The minimum absolute atomic E-state index is 0.109. The van der Waals surface area contributed by atoms with E-state index in [1.165, 1.54) is 0 Å². The lowest BCUT2D eigenvalue weighted by Crippen LogP contribution is -2.48. The number of hydrogen-bond donors (Lipinski definition) is 1. The fourth-order valence-electron chi connectivity index (χ4n) is 3.94. The van der Waals surface area contributed by atoms with Crippen molar-refractivity contribution in [2.45, 2.75) is 6.92 Å². The molecule has 1 amide bonds. The number of piperazine rings is 1. The second kappa shape index (κ2) is 7.00. The van der Waals surface area contributed by atoms with Gasteiger partial charge in [-0.1, -0.05) is 23.7 Å². The van der Waals surface area contributed by atoms with Crippen molar-refractivity contribution in [3.63, 3.8) is 0 Å². The molecule has 0 unspecified atom stereocenters. The van der Waals surface area contributed by atoms with Gasteiger partial charge >= 0.3 is 0 Å². The Morgan fingerprint density at radius 2 is 1.90 bits per heavy atom. The molecular formula is C21H19ClN6O. The molecule has 0 aliphatic carbocycles. The number of carbonyl (C=O) groups excluding carboxylic acids is 1. The summed E-state index contributed by atoms with van der Waals surface area (Å²) < 4.78 is 0. The number of carbonyl (C=O) groups is 1. The number of nitrogens with zero attached hydrogens (tertiary/aromatic N) is 5. The second-order valence-electron chi connectivity index (χ2n) is 7.14. The number of benzene rings is 2. The molecule has 1 aliphatic heterocycles. The molecule has 29 heavy (non-hydrogen) atoms. The van der Waals surface area contributed by atoms with Crippen LogP contribution in [0, 0.1) is 0 Å². The normalized spacial score (nSPS) is 14.7. The van der Waals surface area contributed by atoms with Crippen molar-refractivity contribution >= 4 is 45.3 Å². The van der Waals surface area contributed by atoms with E-state index in [-0.39, 0.29) is 5.91 Å². The summed E-state index contributed by atoms with van der Waals surface area (Å²) in [6, 6.07) is 9.92. The predicted molar refractivity (Wildman–Crippen MR) is 114 cm³/mol. The summed E-state index contributed by atoms with van der Waals surface area (Å²) in [4.78, 5) is 32.2. The van der Waals surface area contributed by atoms with E-state index in [0.717, 1.165) is 52.0 Å². The maximum Gasteiger partial charge on any atom is 0.219 e. The lowest BCUT2D eigenvalue weighted by molar-refractivity contribution is -0.129. The topological polar surface area (TPSA) is 78.0 Å². The molecule has 0 bridgehead atoms.